The molecule has 4 aromatic rings. The highest BCUT2D eigenvalue weighted by atomic mass is 15.4. The number of fused-ring (bicyclic) bond motifs is 1. The first kappa shape index (κ1) is 26.5. The molecule has 0 unspecified atom stereocenters. The van der Waals surface area contributed by atoms with Crippen molar-refractivity contribution in [3.63, 3.8) is 0 Å². The van der Waals surface area contributed by atoms with Crippen molar-refractivity contribution in [3.8, 4) is 11.4 Å². The van der Waals surface area contributed by atoms with Crippen LogP contribution in [0.15, 0.2) is 72.8 Å². The molecule has 1 aliphatic heterocycles. The molecule has 2 heterocycles. The Morgan fingerprint density at radius 1 is 0.789 bits per heavy atom. The first-order chi connectivity index (χ1) is 18.1. The minimum Gasteiger partial charge on any atom is -0.345 e. The van der Waals surface area contributed by atoms with Crippen LogP contribution in [0.1, 0.15) is 104 Å². The van der Waals surface area contributed by atoms with E-state index in [1.54, 1.807) is 0 Å². The predicted octanol–water partition coefficient (Wildman–Crippen LogP) is 9.94. The number of imidazole rings is 1. The first-order valence-corrected chi connectivity index (χ1v) is 14.6. The van der Waals surface area contributed by atoms with E-state index < -0.39 is 0 Å². The van der Waals surface area contributed by atoms with Gasteiger partial charge in [0.05, 0.1) is 11.0 Å². The van der Waals surface area contributed by atoms with Crippen molar-refractivity contribution in [3.05, 3.63) is 83.9 Å². The minimum atomic E-state index is -0.0232. The Morgan fingerprint density at radius 2 is 1.37 bits per heavy atom. The van der Waals surface area contributed by atoms with E-state index in [0.29, 0.717) is 11.8 Å². The second kappa shape index (κ2) is 9.91. The molecule has 1 atom stereocenters. The van der Waals surface area contributed by atoms with E-state index >= 15 is 0 Å². The Labute approximate surface area is 229 Å². The van der Waals surface area contributed by atoms with E-state index in [9.17, 15) is 0 Å². The van der Waals surface area contributed by atoms with Crippen LogP contribution in [0.2, 0.25) is 0 Å². The minimum absolute atomic E-state index is 0.0232. The van der Waals surface area contributed by atoms with Crippen LogP contribution in [0.25, 0.3) is 22.4 Å². The summed E-state index contributed by atoms with van der Waals surface area (Å²) >= 11 is 0. The quantitative estimate of drug-likeness (QED) is 0.248. The molecule has 200 valence electrons. The standard InChI is InChI=1S/C35H45N3/c1-9-35(10-2)23-34(7,8)38(31-27(24(3)4)19-16-20-28(31)25(5)6)33(35)37-30-22-15-14-21-29(30)36-32(37)26-17-12-11-13-18-26/h11-22,24-25,33H,9-10,23H2,1-8H3/t33-/m0/s1. The molecule has 0 spiro atoms. The van der Waals surface area contributed by atoms with Gasteiger partial charge in [0.15, 0.2) is 0 Å². The molecule has 5 rings (SSSR count). The molecule has 3 nitrogen and oxygen atoms in total. The maximum atomic E-state index is 5.29. The zero-order valence-corrected chi connectivity index (χ0v) is 24.6. The normalized spacial score (nSPS) is 18.7. The maximum absolute atomic E-state index is 5.29. The van der Waals surface area contributed by atoms with Crippen LogP contribution in [0.4, 0.5) is 5.69 Å². The third-order valence-corrected chi connectivity index (χ3v) is 9.09. The predicted molar refractivity (Wildman–Crippen MR) is 163 cm³/mol. The lowest BCUT2D eigenvalue weighted by Crippen LogP contribution is -2.44. The number of aromatic nitrogens is 2. The lowest BCUT2D eigenvalue weighted by atomic mass is 9.75. The van der Waals surface area contributed by atoms with Crippen molar-refractivity contribution < 1.29 is 0 Å². The smallest absolute Gasteiger partial charge is 0.142 e. The van der Waals surface area contributed by atoms with Crippen LogP contribution < -0.4 is 4.90 Å². The molecule has 1 aromatic heterocycles. The number of benzene rings is 3. The van der Waals surface area contributed by atoms with Gasteiger partial charge in [0.25, 0.3) is 0 Å². The molecule has 38 heavy (non-hydrogen) atoms. The van der Waals surface area contributed by atoms with Crippen LogP contribution in [-0.2, 0) is 0 Å². The third kappa shape index (κ3) is 4.15. The Bertz CT molecular complexity index is 1380. The van der Waals surface area contributed by atoms with Crippen LogP contribution in [0, 0.1) is 5.41 Å². The highest BCUT2D eigenvalue weighted by molar-refractivity contribution is 5.81. The lowest BCUT2D eigenvalue weighted by Gasteiger charge is -2.44. The zero-order valence-electron chi connectivity index (χ0n) is 24.6. The van der Waals surface area contributed by atoms with Gasteiger partial charge in [-0.1, -0.05) is 102 Å². The van der Waals surface area contributed by atoms with Gasteiger partial charge < -0.3 is 9.47 Å². The van der Waals surface area contributed by atoms with Gasteiger partial charge in [0.2, 0.25) is 0 Å². The van der Waals surface area contributed by atoms with Crippen LogP contribution in [-0.4, -0.2) is 15.1 Å². The van der Waals surface area contributed by atoms with Gasteiger partial charge in [0.1, 0.15) is 12.0 Å². The van der Waals surface area contributed by atoms with Crippen LogP contribution in [0.5, 0.6) is 0 Å². The topological polar surface area (TPSA) is 21.1 Å². The van der Waals surface area contributed by atoms with Crippen molar-refractivity contribution >= 4 is 16.7 Å². The highest BCUT2D eigenvalue weighted by Gasteiger charge is 2.56. The molecule has 3 heteroatoms. The molecule has 3 aromatic carbocycles. The van der Waals surface area contributed by atoms with E-state index in [4.69, 9.17) is 4.98 Å². The van der Waals surface area contributed by atoms with Crippen LogP contribution >= 0.6 is 0 Å². The average molecular weight is 508 g/mol. The van der Waals surface area contributed by atoms with Gasteiger partial charge in [-0.25, -0.2) is 4.98 Å². The van der Waals surface area contributed by atoms with E-state index in [2.05, 4.69) is 138 Å². The number of anilines is 1. The van der Waals surface area contributed by atoms with Gasteiger partial charge in [-0.2, -0.15) is 0 Å². The van der Waals surface area contributed by atoms with Gasteiger partial charge in [-0.15, -0.1) is 0 Å². The molecule has 0 amide bonds. The Balaban J connectivity index is 1.91. The SMILES string of the molecule is CCC1(CC)CC(C)(C)N(c2c(C(C)C)cccc2C(C)C)[C@@H]1n1c(-c2ccccc2)nc2ccccc21. The first-order valence-electron chi connectivity index (χ1n) is 14.6. The third-order valence-electron chi connectivity index (χ3n) is 9.09. The van der Waals surface area contributed by atoms with Crippen molar-refractivity contribution in [2.75, 3.05) is 4.90 Å². The van der Waals surface area contributed by atoms with E-state index in [1.807, 2.05) is 0 Å². The lowest BCUT2D eigenvalue weighted by molar-refractivity contribution is 0.186. The molecule has 0 bridgehead atoms. The number of rotatable bonds is 7. The van der Waals surface area contributed by atoms with Gasteiger partial charge in [-0.3, -0.25) is 0 Å². The average Bonchev–Trinajstić information content (AvgIpc) is 3.40. The Morgan fingerprint density at radius 3 is 1.95 bits per heavy atom. The van der Waals surface area contributed by atoms with E-state index in [-0.39, 0.29) is 17.1 Å². The summed E-state index contributed by atoms with van der Waals surface area (Å²) in [5.41, 5.74) is 7.88. The van der Waals surface area contributed by atoms with Crippen molar-refractivity contribution in [2.24, 2.45) is 5.41 Å². The Kier molecular flexibility index (Phi) is 6.92. The summed E-state index contributed by atoms with van der Waals surface area (Å²) in [5, 5.41) is 0. The van der Waals surface area contributed by atoms with Gasteiger partial charge in [-0.05, 0) is 68.2 Å². The summed E-state index contributed by atoms with van der Waals surface area (Å²) in [6.07, 6.45) is 3.53. The number of nitrogens with zero attached hydrogens (tertiary/aromatic N) is 3. The van der Waals surface area contributed by atoms with Crippen molar-refractivity contribution in [2.45, 2.75) is 98.2 Å². The number of hydrogen-bond donors (Lipinski definition) is 0. The maximum Gasteiger partial charge on any atom is 0.142 e. The molecule has 1 fully saturated rings. The molecule has 1 saturated heterocycles. The van der Waals surface area contributed by atoms with Crippen LogP contribution in [0.3, 0.4) is 0 Å². The fourth-order valence-electron chi connectivity index (χ4n) is 7.20. The molecule has 0 aliphatic carbocycles. The summed E-state index contributed by atoms with van der Waals surface area (Å²) in [7, 11) is 0. The summed E-state index contributed by atoms with van der Waals surface area (Å²) in [5.74, 6) is 1.94. The molecular weight excluding hydrogens is 462 g/mol. The second-order valence-corrected chi connectivity index (χ2v) is 12.6. The monoisotopic (exact) mass is 507 g/mol. The van der Waals surface area contributed by atoms with Crippen molar-refractivity contribution in [1.82, 2.24) is 9.55 Å². The summed E-state index contributed by atoms with van der Waals surface area (Å²) in [4.78, 5) is 8.11. The Hall–Kier alpha value is -3.07. The van der Waals surface area contributed by atoms with Gasteiger partial charge >= 0.3 is 0 Å². The summed E-state index contributed by atoms with van der Waals surface area (Å²) in [6, 6.07) is 26.5. The van der Waals surface area contributed by atoms with Crippen molar-refractivity contribution in [1.29, 1.82) is 0 Å². The van der Waals surface area contributed by atoms with Gasteiger partial charge in [0, 0.05) is 22.2 Å². The summed E-state index contributed by atoms with van der Waals surface area (Å²) < 4.78 is 2.60. The molecule has 0 radical (unpaired) electrons. The largest absolute Gasteiger partial charge is 0.345 e. The second-order valence-electron chi connectivity index (χ2n) is 12.6. The molecule has 1 aliphatic rings. The molecule has 0 saturated carbocycles. The molecule has 0 N–H and O–H groups in total. The van der Waals surface area contributed by atoms with E-state index in [1.165, 1.54) is 27.9 Å². The summed E-state index contributed by atoms with van der Waals surface area (Å²) in [6.45, 7) is 19.1. The fraction of sp³-hybridized carbons (Fsp3) is 0.457. The number of hydrogen-bond acceptors (Lipinski definition) is 2. The zero-order chi connectivity index (χ0) is 27.2. The highest BCUT2D eigenvalue weighted by Crippen LogP contribution is 2.60. The number of para-hydroxylation sites is 3. The fourth-order valence-corrected chi connectivity index (χ4v) is 7.20. The molecular formula is C35H45N3. The van der Waals surface area contributed by atoms with E-state index in [0.717, 1.165) is 30.6 Å².